The smallest absolute Gasteiger partial charge is 0.263 e. The van der Waals surface area contributed by atoms with Gasteiger partial charge in [0, 0.05) is 11.2 Å². The zero-order valence-electron chi connectivity index (χ0n) is 9.70. The summed E-state index contributed by atoms with van der Waals surface area (Å²) in [4.78, 5) is 12.2. The van der Waals surface area contributed by atoms with Crippen LogP contribution in [0.15, 0.2) is 18.2 Å². The third kappa shape index (κ3) is 2.30. The van der Waals surface area contributed by atoms with Crippen LogP contribution >= 0.6 is 11.3 Å². The molecule has 1 heterocycles. The van der Waals surface area contributed by atoms with Gasteiger partial charge in [0.05, 0.1) is 11.1 Å². The van der Waals surface area contributed by atoms with Gasteiger partial charge in [-0.3, -0.25) is 4.79 Å². The van der Waals surface area contributed by atoms with Crippen LogP contribution in [0, 0.1) is 5.82 Å². The Balaban J connectivity index is 2.31. The molecule has 0 unspecified atom stereocenters. The lowest BCUT2D eigenvalue weighted by Crippen LogP contribution is -2.25. The number of benzene rings is 1. The number of thiophene rings is 1. The van der Waals surface area contributed by atoms with E-state index in [0.717, 1.165) is 0 Å². The van der Waals surface area contributed by atoms with E-state index in [9.17, 15) is 9.18 Å². The van der Waals surface area contributed by atoms with E-state index >= 15 is 0 Å². The molecule has 0 fully saturated rings. The maximum atomic E-state index is 13.6. The van der Waals surface area contributed by atoms with Gasteiger partial charge in [-0.1, -0.05) is 6.07 Å². The van der Waals surface area contributed by atoms with Crippen molar-refractivity contribution in [2.45, 2.75) is 6.42 Å². The molecule has 18 heavy (non-hydrogen) atoms. The molecule has 4 nitrogen and oxygen atoms in total. The summed E-state index contributed by atoms with van der Waals surface area (Å²) in [5.74, 6) is -0.677. The van der Waals surface area contributed by atoms with E-state index in [2.05, 4.69) is 5.32 Å². The number of nitrogens with two attached hydrogens (primary N) is 2. The van der Waals surface area contributed by atoms with Crippen molar-refractivity contribution in [3.63, 3.8) is 0 Å². The second-order valence-electron chi connectivity index (χ2n) is 3.86. The Morgan fingerprint density at radius 2 is 2.22 bits per heavy atom. The number of hydrogen-bond donors (Lipinski definition) is 3. The van der Waals surface area contributed by atoms with Crippen LogP contribution in [0.25, 0.3) is 10.1 Å². The number of hydrogen-bond acceptors (Lipinski definition) is 4. The van der Waals surface area contributed by atoms with Gasteiger partial charge in [-0.25, -0.2) is 4.39 Å². The lowest BCUT2D eigenvalue weighted by molar-refractivity contribution is 0.0958. The number of carbonyl (C=O) groups excluding carboxylic acids is 1. The second kappa shape index (κ2) is 5.32. The van der Waals surface area contributed by atoms with Crippen molar-refractivity contribution in [2.24, 2.45) is 5.73 Å². The van der Waals surface area contributed by atoms with Crippen molar-refractivity contribution >= 4 is 33.0 Å². The Morgan fingerprint density at radius 1 is 1.44 bits per heavy atom. The second-order valence-corrected chi connectivity index (χ2v) is 4.91. The van der Waals surface area contributed by atoms with Crippen molar-refractivity contribution in [3.05, 3.63) is 28.9 Å². The number of halogens is 1. The first-order chi connectivity index (χ1) is 8.65. The Labute approximate surface area is 108 Å². The molecule has 0 aliphatic rings. The molecule has 0 aliphatic carbocycles. The first-order valence-electron chi connectivity index (χ1n) is 5.60. The Kier molecular flexibility index (Phi) is 3.78. The van der Waals surface area contributed by atoms with Gasteiger partial charge in [0.25, 0.3) is 5.91 Å². The fraction of sp³-hybridized carbons (Fsp3) is 0.250. The molecule has 0 saturated heterocycles. The normalized spacial score (nSPS) is 10.8. The molecule has 2 rings (SSSR count). The summed E-state index contributed by atoms with van der Waals surface area (Å²) < 4.78 is 14.3. The van der Waals surface area contributed by atoms with Crippen LogP contribution in [0.1, 0.15) is 16.1 Å². The molecule has 0 aliphatic heterocycles. The quantitative estimate of drug-likeness (QED) is 0.737. The molecule has 2 aromatic rings. The Bertz CT molecular complexity index is 582. The third-order valence-corrected chi connectivity index (χ3v) is 3.74. The lowest BCUT2D eigenvalue weighted by atomic mass is 10.2. The predicted octanol–water partition coefficient (Wildman–Crippen LogP) is 1.70. The van der Waals surface area contributed by atoms with Gasteiger partial charge in [-0.05, 0) is 25.1 Å². The monoisotopic (exact) mass is 267 g/mol. The summed E-state index contributed by atoms with van der Waals surface area (Å²) in [6.07, 6.45) is 0.699. The maximum absolute atomic E-state index is 13.6. The van der Waals surface area contributed by atoms with E-state index < -0.39 is 5.82 Å². The van der Waals surface area contributed by atoms with Gasteiger partial charge < -0.3 is 16.8 Å². The molecule has 5 N–H and O–H groups in total. The molecular formula is C12H14FN3OS. The van der Waals surface area contributed by atoms with E-state index in [1.54, 1.807) is 12.1 Å². The summed E-state index contributed by atoms with van der Waals surface area (Å²) in [7, 11) is 0. The predicted molar refractivity (Wildman–Crippen MR) is 72.2 cm³/mol. The van der Waals surface area contributed by atoms with E-state index in [1.807, 2.05) is 0 Å². The number of carbonyl (C=O) groups is 1. The summed E-state index contributed by atoms with van der Waals surface area (Å²) in [6, 6.07) is 4.68. The Hall–Kier alpha value is -1.66. The third-order valence-electron chi connectivity index (χ3n) is 2.57. The van der Waals surface area contributed by atoms with Crippen molar-refractivity contribution in [3.8, 4) is 0 Å². The molecule has 6 heteroatoms. The SMILES string of the molecule is NCCCNC(=O)c1sc2cccc(F)c2c1N. The minimum atomic E-state index is -0.401. The van der Waals surface area contributed by atoms with Crippen LogP contribution in [0.3, 0.4) is 0 Å². The van der Waals surface area contributed by atoms with Crippen LogP contribution in [0.4, 0.5) is 10.1 Å². The number of anilines is 1. The zero-order valence-corrected chi connectivity index (χ0v) is 10.5. The van der Waals surface area contributed by atoms with Crippen molar-refractivity contribution < 1.29 is 9.18 Å². The summed E-state index contributed by atoms with van der Waals surface area (Å²) >= 11 is 1.20. The van der Waals surface area contributed by atoms with Gasteiger partial charge >= 0.3 is 0 Å². The highest BCUT2D eigenvalue weighted by Crippen LogP contribution is 2.35. The average molecular weight is 267 g/mol. The molecule has 96 valence electrons. The summed E-state index contributed by atoms with van der Waals surface area (Å²) in [5.41, 5.74) is 11.4. The highest BCUT2D eigenvalue weighted by atomic mass is 32.1. The minimum Gasteiger partial charge on any atom is -0.397 e. The van der Waals surface area contributed by atoms with Crippen molar-refractivity contribution in [1.29, 1.82) is 0 Å². The van der Waals surface area contributed by atoms with Crippen LogP contribution in [-0.4, -0.2) is 19.0 Å². The highest BCUT2D eigenvalue weighted by molar-refractivity contribution is 7.21. The molecule has 1 aromatic carbocycles. The lowest BCUT2D eigenvalue weighted by Gasteiger charge is -2.02. The number of amides is 1. The van der Waals surface area contributed by atoms with Gasteiger partial charge in [0.2, 0.25) is 0 Å². The van der Waals surface area contributed by atoms with Gasteiger partial charge in [-0.15, -0.1) is 11.3 Å². The number of nitrogens with one attached hydrogen (secondary N) is 1. The summed E-state index contributed by atoms with van der Waals surface area (Å²) in [6.45, 7) is 1.00. The molecule has 0 saturated carbocycles. The molecule has 1 aromatic heterocycles. The largest absolute Gasteiger partial charge is 0.397 e. The maximum Gasteiger partial charge on any atom is 0.263 e. The van der Waals surface area contributed by atoms with Crippen LogP contribution in [0.5, 0.6) is 0 Å². The fourth-order valence-electron chi connectivity index (χ4n) is 1.68. The first-order valence-corrected chi connectivity index (χ1v) is 6.41. The summed E-state index contributed by atoms with van der Waals surface area (Å²) in [5, 5.41) is 3.04. The van der Waals surface area contributed by atoms with Crippen molar-refractivity contribution in [2.75, 3.05) is 18.8 Å². The molecule has 0 spiro atoms. The van der Waals surface area contributed by atoms with Gasteiger partial charge in [0.15, 0.2) is 0 Å². The van der Waals surface area contributed by atoms with Gasteiger partial charge in [-0.2, -0.15) is 0 Å². The van der Waals surface area contributed by atoms with E-state index in [1.165, 1.54) is 17.4 Å². The average Bonchev–Trinajstić information content (AvgIpc) is 2.68. The fourth-order valence-corrected chi connectivity index (χ4v) is 2.74. The minimum absolute atomic E-state index is 0.207. The topological polar surface area (TPSA) is 81.1 Å². The number of rotatable bonds is 4. The molecule has 0 bridgehead atoms. The van der Waals surface area contributed by atoms with Crippen LogP contribution in [-0.2, 0) is 0 Å². The first kappa shape index (κ1) is 12.8. The Morgan fingerprint density at radius 3 is 2.89 bits per heavy atom. The van der Waals surface area contributed by atoms with E-state index in [-0.39, 0.29) is 11.6 Å². The highest BCUT2D eigenvalue weighted by Gasteiger charge is 2.17. The van der Waals surface area contributed by atoms with E-state index in [0.29, 0.717) is 34.5 Å². The molecule has 0 atom stereocenters. The van der Waals surface area contributed by atoms with Gasteiger partial charge in [0.1, 0.15) is 10.7 Å². The number of nitrogen functional groups attached to an aromatic ring is 1. The van der Waals surface area contributed by atoms with Crippen molar-refractivity contribution in [1.82, 2.24) is 5.32 Å². The van der Waals surface area contributed by atoms with Crippen LogP contribution < -0.4 is 16.8 Å². The van der Waals surface area contributed by atoms with Crippen LogP contribution in [0.2, 0.25) is 0 Å². The van der Waals surface area contributed by atoms with E-state index in [4.69, 9.17) is 11.5 Å². The molecular weight excluding hydrogens is 253 g/mol. The zero-order chi connectivity index (χ0) is 13.1. The molecule has 0 radical (unpaired) electrons. The standard InChI is InChI=1S/C12H14FN3OS/c13-7-3-1-4-8-9(7)10(15)11(18-8)12(17)16-6-2-5-14/h1,3-4H,2,5-6,14-15H2,(H,16,17). The molecule has 1 amide bonds. The number of fused-ring (bicyclic) bond motifs is 1.